The van der Waals surface area contributed by atoms with Gasteiger partial charge in [0.2, 0.25) is 11.8 Å². The van der Waals surface area contributed by atoms with Crippen LogP contribution in [0.5, 0.6) is 0 Å². The van der Waals surface area contributed by atoms with E-state index in [4.69, 9.17) is 50.3 Å². The molecule has 6 unspecified atom stereocenters. The van der Waals surface area contributed by atoms with Crippen LogP contribution in [0.4, 0.5) is 24.5 Å². The van der Waals surface area contributed by atoms with Crippen LogP contribution in [0.2, 0.25) is 0 Å². The van der Waals surface area contributed by atoms with Gasteiger partial charge in [-0.1, -0.05) is 78.9 Å². The Morgan fingerprint density at radius 2 is 1.00 bits per heavy atom. The molecule has 0 aliphatic heterocycles. The molecule has 6 atom stereocenters. The molecule has 0 heterocycles. The second-order valence-electron chi connectivity index (χ2n) is 16.3. The molecule has 24 N–H and O–H groups in total. The zero-order valence-corrected chi connectivity index (χ0v) is 39.8. The summed E-state index contributed by atoms with van der Waals surface area (Å²) in [6.45, 7) is -1.79. The first kappa shape index (κ1) is 57.4. The van der Waals surface area contributed by atoms with Crippen molar-refractivity contribution in [2.24, 2.45) is 28.7 Å². The summed E-state index contributed by atoms with van der Waals surface area (Å²) >= 11 is 0. The van der Waals surface area contributed by atoms with E-state index in [0.29, 0.717) is 27.1 Å². The van der Waals surface area contributed by atoms with Crippen molar-refractivity contribution >= 4 is 92.2 Å². The topological polar surface area (TPSA) is 503 Å². The van der Waals surface area contributed by atoms with Gasteiger partial charge >= 0.3 is 6.18 Å². The number of anilines is 1. The van der Waals surface area contributed by atoms with Gasteiger partial charge in [-0.3, -0.25) is 60.5 Å². The summed E-state index contributed by atoms with van der Waals surface area (Å²) in [5.41, 5.74) is 23.9. The van der Waals surface area contributed by atoms with Gasteiger partial charge in [0, 0.05) is 18.7 Å². The number of benzene rings is 5. The highest BCUT2D eigenvalue weighted by molar-refractivity contribution is 6.03. The van der Waals surface area contributed by atoms with Gasteiger partial charge in [0.1, 0.15) is 12.1 Å². The number of halogens is 3. The highest BCUT2D eigenvalue weighted by Crippen LogP contribution is 2.41. The van der Waals surface area contributed by atoms with Crippen LogP contribution in [0.25, 0.3) is 21.5 Å². The van der Waals surface area contributed by atoms with Gasteiger partial charge in [0.15, 0.2) is 48.5 Å². The van der Waals surface area contributed by atoms with E-state index in [9.17, 15) is 44.0 Å². The first-order valence-electron chi connectivity index (χ1n) is 22.2. The molecule has 0 radical (unpaired) electrons. The van der Waals surface area contributed by atoms with Crippen molar-refractivity contribution in [1.82, 2.24) is 47.9 Å². The molecular weight excluding hydrogens is 1020 g/mol. The zero-order valence-electron chi connectivity index (χ0n) is 39.8. The maximum atomic E-state index is 15.1. The van der Waals surface area contributed by atoms with E-state index >= 15 is 13.2 Å². The molecule has 77 heavy (non-hydrogen) atoms. The number of nitro groups is 1. The van der Waals surface area contributed by atoms with Gasteiger partial charge in [0.25, 0.3) is 29.3 Å². The number of carbonyl (C=O) groups is 6. The minimum Gasteiger partial charge on any atom is -0.394 e. The van der Waals surface area contributed by atoms with E-state index in [0.717, 1.165) is 17.0 Å². The van der Waals surface area contributed by atoms with Crippen LogP contribution in [0.1, 0.15) is 22.7 Å². The molecule has 0 spiro atoms. The zero-order chi connectivity index (χ0) is 56.9. The molecule has 32 heteroatoms. The molecule has 0 saturated heterocycles. The van der Waals surface area contributed by atoms with Crippen molar-refractivity contribution in [3.8, 4) is 0 Å². The van der Waals surface area contributed by atoms with E-state index in [-0.39, 0.29) is 11.6 Å². The summed E-state index contributed by atoms with van der Waals surface area (Å²) in [5.74, 6) is -11.9. The number of primary amides is 1. The van der Waals surface area contributed by atoms with Gasteiger partial charge < -0.3 is 86.5 Å². The molecule has 5 rings (SSSR count). The fourth-order valence-corrected chi connectivity index (χ4v) is 7.64. The highest BCUT2D eigenvalue weighted by atomic mass is 19.4. The molecule has 6 amide bonds. The Kier molecular flexibility index (Phi) is 18.6. The minimum atomic E-state index is -5.28. The second-order valence-corrected chi connectivity index (χ2v) is 16.3. The number of carbonyl (C=O) groups excluding carboxylic acids is 6. The standard InChI is InChI=1S/C45H51F3N20O9/c46-45(47,48)27-17-23(68(76)77)14-15-28(27)67(18-26-24-12-6-4-10-21(24)16-22-11-5-7-13-25(22)26)29(19-69)36(71)58-30(20-8-2-1-3-9-20)37(72)60-33(64-42(52)53)39(74)62-35(66-44(56)57)40(75)61-34(65-43(54)55)38(73)59-32(31(49)70)63-41(50)51/h1-17,29-30,32-35,69H,18-19H2,(H2,49,70)(H,58,71)(H,59,73)(H,60,72)(H,61,75)(H,62,74)(H4,50,51,63)(H4,52,53,64)(H4,54,55,65)(H4,56,57,66). The van der Waals surface area contributed by atoms with Gasteiger partial charge in [-0.25, -0.2) is 0 Å². The van der Waals surface area contributed by atoms with Gasteiger partial charge in [0.05, 0.1) is 22.8 Å². The van der Waals surface area contributed by atoms with Crippen molar-refractivity contribution in [2.45, 2.75) is 49.5 Å². The third-order valence-electron chi connectivity index (χ3n) is 11.0. The predicted molar refractivity (Wildman–Crippen MR) is 271 cm³/mol. The second kappa shape index (κ2) is 24.9. The van der Waals surface area contributed by atoms with Crippen molar-refractivity contribution in [3.63, 3.8) is 0 Å². The van der Waals surface area contributed by atoms with E-state index < -0.39 is 137 Å². The molecular formula is C45H51F3N20O9. The summed E-state index contributed by atoms with van der Waals surface area (Å²) in [4.78, 5) is 93.5. The van der Waals surface area contributed by atoms with Crippen molar-refractivity contribution < 1.29 is 52.0 Å². The first-order chi connectivity index (χ1) is 36.3. The van der Waals surface area contributed by atoms with Crippen LogP contribution < -0.4 is 81.4 Å². The Balaban J connectivity index is 1.52. The van der Waals surface area contributed by atoms with E-state index in [1.807, 2.05) is 32.7 Å². The van der Waals surface area contributed by atoms with Crippen LogP contribution in [-0.2, 0) is 41.5 Å². The van der Waals surface area contributed by atoms with Crippen molar-refractivity contribution in [2.75, 3.05) is 11.5 Å². The number of guanidine groups is 4. The van der Waals surface area contributed by atoms with E-state index in [1.54, 1.807) is 48.5 Å². The molecule has 0 aliphatic carbocycles. The summed E-state index contributed by atoms with van der Waals surface area (Å²) in [5, 5.41) is 74.7. The van der Waals surface area contributed by atoms with Gasteiger partial charge in [-0.05, 0) is 44.8 Å². The number of rotatable bonds is 22. The third kappa shape index (κ3) is 15.0. The maximum absolute atomic E-state index is 15.1. The van der Waals surface area contributed by atoms with Crippen molar-refractivity contribution in [1.29, 1.82) is 21.6 Å². The molecule has 5 aromatic carbocycles. The first-order valence-corrected chi connectivity index (χ1v) is 22.2. The number of nitrogens with one attached hydrogen (secondary N) is 13. The molecule has 406 valence electrons. The number of alkyl halides is 3. The third-order valence-corrected chi connectivity index (χ3v) is 11.0. The molecule has 29 nitrogen and oxygen atoms in total. The molecule has 0 fully saturated rings. The normalized spacial score (nSPS) is 13.4. The summed E-state index contributed by atoms with van der Waals surface area (Å²) in [6, 6.07) is 20.4. The fourth-order valence-electron chi connectivity index (χ4n) is 7.64. The number of hydrogen-bond donors (Lipinski definition) is 19. The molecule has 5 aromatic rings. The molecule has 0 bridgehead atoms. The lowest BCUT2D eigenvalue weighted by molar-refractivity contribution is -0.385. The van der Waals surface area contributed by atoms with E-state index in [2.05, 4.69) is 21.3 Å². The number of nitrogens with two attached hydrogens (primary N) is 5. The lowest BCUT2D eigenvalue weighted by Crippen LogP contribution is -2.68. The highest BCUT2D eigenvalue weighted by Gasteiger charge is 2.41. The number of non-ortho nitro benzene ring substituents is 1. The van der Waals surface area contributed by atoms with Crippen LogP contribution in [0, 0.1) is 31.8 Å². The Bertz CT molecular complexity index is 3080. The van der Waals surface area contributed by atoms with Crippen LogP contribution in [0.15, 0.2) is 103 Å². The lowest BCUT2D eigenvalue weighted by atomic mass is 9.95. The number of nitro benzene ring substituents is 1. The Labute approximate surface area is 432 Å². The van der Waals surface area contributed by atoms with Crippen LogP contribution >= 0.6 is 0 Å². The quantitative estimate of drug-likeness (QED) is 0.00839. The number of nitrogens with zero attached hydrogens (tertiary/aromatic N) is 2. The maximum Gasteiger partial charge on any atom is 0.418 e. The Morgan fingerprint density at radius 1 is 0.571 bits per heavy atom. The summed E-state index contributed by atoms with van der Waals surface area (Å²) in [7, 11) is 0. The number of hydrogen-bond acceptors (Lipinski definition) is 14. The largest absolute Gasteiger partial charge is 0.418 e. The predicted octanol–water partition coefficient (Wildman–Crippen LogP) is -2.67. The van der Waals surface area contributed by atoms with E-state index in [1.165, 1.54) is 30.3 Å². The Hall–Kier alpha value is -10.5. The number of aliphatic hydroxyl groups is 1. The summed E-state index contributed by atoms with van der Waals surface area (Å²) in [6.07, 6.45) is -13.6. The summed E-state index contributed by atoms with van der Waals surface area (Å²) < 4.78 is 45.2. The molecule has 0 aliphatic rings. The van der Waals surface area contributed by atoms with Crippen LogP contribution in [0.3, 0.4) is 0 Å². The smallest absolute Gasteiger partial charge is 0.394 e. The minimum absolute atomic E-state index is 0.0372. The number of amides is 6. The average Bonchev–Trinajstić information content (AvgIpc) is 3.35. The van der Waals surface area contributed by atoms with Crippen molar-refractivity contribution in [3.05, 3.63) is 130 Å². The molecule has 0 saturated carbocycles. The van der Waals surface area contributed by atoms with Gasteiger partial charge in [-0.2, -0.15) is 13.2 Å². The lowest BCUT2D eigenvalue weighted by Gasteiger charge is -2.35. The average molecular weight is 1070 g/mol. The number of aliphatic hydroxyl groups excluding tert-OH is 1. The fraction of sp³-hybridized carbons (Fsp3) is 0.200. The Morgan fingerprint density at radius 3 is 1.43 bits per heavy atom. The van der Waals surface area contributed by atoms with Gasteiger partial charge in [-0.15, -0.1) is 0 Å². The SMILES string of the molecule is N=C(N)NC(NC(=O)C(NC(=N)N)NC(=O)C(NC(=N)N)NC(=O)C(NC(=N)N)NC(=O)C(NC(=O)C(CO)N(Cc1c2ccccc2cc2ccccc12)c1ccc([N+](=O)[O-])cc1C(F)(F)F)c1ccccc1)C(N)=O. The van der Waals surface area contributed by atoms with Crippen LogP contribution in [-0.4, -0.2) is 107 Å². The monoisotopic (exact) mass is 1070 g/mol. The number of fused-ring (bicyclic) bond motifs is 2. The molecule has 0 aromatic heterocycles.